The van der Waals surface area contributed by atoms with E-state index in [1.165, 1.54) is 5.39 Å². The lowest BCUT2D eigenvalue weighted by Crippen LogP contribution is -2.09. The van der Waals surface area contributed by atoms with Gasteiger partial charge in [0.1, 0.15) is 0 Å². The van der Waals surface area contributed by atoms with Crippen LogP contribution in [0, 0.1) is 0 Å². The molecular formula is C13H15BrN2. The van der Waals surface area contributed by atoms with Gasteiger partial charge in [-0.1, -0.05) is 21.5 Å². The largest absolute Gasteiger partial charge is 0.361 e. The van der Waals surface area contributed by atoms with Crippen molar-refractivity contribution in [1.29, 1.82) is 0 Å². The highest BCUT2D eigenvalue weighted by Gasteiger charge is 2.11. The summed E-state index contributed by atoms with van der Waals surface area (Å²) in [6.07, 6.45) is 2.81. The summed E-state index contributed by atoms with van der Waals surface area (Å²) in [7, 11) is 0. The predicted octanol–water partition coefficient (Wildman–Crippen LogP) is 3.90. The van der Waals surface area contributed by atoms with Crippen molar-refractivity contribution in [3.8, 4) is 0 Å². The average molecular weight is 279 g/mol. The number of hydrogen-bond donors (Lipinski definition) is 2. The SMILES string of the molecule is C=C(C)C[C@H](N)c1c[nH]c2ccc(Br)cc12. The van der Waals surface area contributed by atoms with Gasteiger partial charge in [-0.2, -0.15) is 0 Å². The molecule has 0 spiro atoms. The van der Waals surface area contributed by atoms with Crippen LogP contribution in [0.1, 0.15) is 24.9 Å². The summed E-state index contributed by atoms with van der Waals surface area (Å²) >= 11 is 3.48. The number of benzene rings is 1. The van der Waals surface area contributed by atoms with E-state index in [0.717, 1.165) is 27.5 Å². The second kappa shape index (κ2) is 4.44. The molecule has 3 heteroatoms. The van der Waals surface area contributed by atoms with Crippen molar-refractivity contribution in [3.63, 3.8) is 0 Å². The predicted molar refractivity (Wildman–Crippen MR) is 72.4 cm³/mol. The Bertz CT molecular complexity index is 528. The molecule has 2 nitrogen and oxygen atoms in total. The highest BCUT2D eigenvalue weighted by Crippen LogP contribution is 2.28. The maximum Gasteiger partial charge on any atom is 0.0458 e. The Morgan fingerprint density at radius 1 is 1.56 bits per heavy atom. The molecule has 0 aliphatic rings. The van der Waals surface area contributed by atoms with Gasteiger partial charge in [0.25, 0.3) is 0 Å². The zero-order chi connectivity index (χ0) is 11.7. The molecule has 84 valence electrons. The van der Waals surface area contributed by atoms with Gasteiger partial charge in [-0.3, -0.25) is 0 Å². The van der Waals surface area contributed by atoms with Crippen LogP contribution in [0.25, 0.3) is 10.9 Å². The lowest BCUT2D eigenvalue weighted by molar-refractivity contribution is 0.723. The van der Waals surface area contributed by atoms with Gasteiger partial charge in [-0.05, 0) is 37.1 Å². The summed E-state index contributed by atoms with van der Waals surface area (Å²) in [4.78, 5) is 3.24. The number of nitrogens with two attached hydrogens (primary N) is 1. The van der Waals surface area contributed by atoms with Crippen molar-refractivity contribution in [2.45, 2.75) is 19.4 Å². The molecule has 0 bridgehead atoms. The molecule has 0 aliphatic heterocycles. The van der Waals surface area contributed by atoms with Gasteiger partial charge < -0.3 is 10.7 Å². The third kappa shape index (κ3) is 2.20. The fourth-order valence-electron chi connectivity index (χ4n) is 1.91. The van der Waals surface area contributed by atoms with Gasteiger partial charge in [0.15, 0.2) is 0 Å². The molecule has 0 radical (unpaired) electrons. The van der Waals surface area contributed by atoms with Crippen LogP contribution in [0.3, 0.4) is 0 Å². The van der Waals surface area contributed by atoms with Crippen LogP contribution in [-0.2, 0) is 0 Å². The molecule has 0 fully saturated rings. The molecule has 0 saturated carbocycles. The highest BCUT2D eigenvalue weighted by molar-refractivity contribution is 9.10. The van der Waals surface area contributed by atoms with E-state index in [-0.39, 0.29) is 6.04 Å². The Morgan fingerprint density at radius 3 is 3.00 bits per heavy atom. The third-order valence-corrected chi connectivity index (χ3v) is 3.14. The van der Waals surface area contributed by atoms with E-state index in [0.29, 0.717) is 0 Å². The molecule has 2 aromatic rings. The van der Waals surface area contributed by atoms with Crippen molar-refractivity contribution >= 4 is 26.8 Å². The van der Waals surface area contributed by atoms with Crippen molar-refractivity contribution in [3.05, 3.63) is 46.6 Å². The Labute approximate surface area is 104 Å². The van der Waals surface area contributed by atoms with Crippen LogP contribution in [0.4, 0.5) is 0 Å². The Hall–Kier alpha value is -1.06. The van der Waals surface area contributed by atoms with E-state index < -0.39 is 0 Å². The van der Waals surface area contributed by atoms with Gasteiger partial charge in [-0.15, -0.1) is 6.58 Å². The van der Waals surface area contributed by atoms with Crippen LogP contribution in [0.5, 0.6) is 0 Å². The third-order valence-electron chi connectivity index (χ3n) is 2.64. The van der Waals surface area contributed by atoms with Crippen LogP contribution in [0.2, 0.25) is 0 Å². The number of H-pyrrole nitrogens is 1. The van der Waals surface area contributed by atoms with Crippen molar-refractivity contribution in [1.82, 2.24) is 4.98 Å². The number of hydrogen-bond acceptors (Lipinski definition) is 1. The topological polar surface area (TPSA) is 41.8 Å². The van der Waals surface area contributed by atoms with E-state index in [9.17, 15) is 0 Å². The molecule has 2 rings (SSSR count). The van der Waals surface area contributed by atoms with Crippen molar-refractivity contribution in [2.24, 2.45) is 5.73 Å². The fourth-order valence-corrected chi connectivity index (χ4v) is 2.27. The molecule has 0 unspecified atom stereocenters. The van der Waals surface area contributed by atoms with E-state index in [1.54, 1.807) is 0 Å². The van der Waals surface area contributed by atoms with E-state index in [4.69, 9.17) is 5.73 Å². The van der Waals surface area contributed by atoms with E-state index >= 15 is 0 Å². The van der Waals surface area contributed by atoms with Gasteiger partial charge in [0, 0.05) is 27.6 Å². The molecule has 1 aromatic carbocycles. The van der Waals surface area contributed by atoms with Crippen LogP contribution in [-0.4, -0.2) is 4.98 Å². The molecule has 3 N–H and O–H groups in total. The standard InChI is InChI=1S/C13H15BrN2/c1-8(2)5-12(15)11-7-16-13-4-3-9(14)6-10(11)13/h3-4,6-7,12,16H,1,5,15H2,2H3/t12-/m0/s1. The Balaban J connectivity index is 2.44. The molecule has 0 saturated heterocycles. The van der Waals surface area contributed by atoms with Crippen molar-refractivity contribution in [2.75, 3.05) is 0 Å². The lowest BCUT2D eigenvalue weighted by atomic mass is 10.0. The first-order valence-electron chi connectivity index (χ1n) is 5.24. The van der Waals surface area contributed by atoms with Gasteiger partial charge in [0.2, 0.25) is 0 Å². The summed E-state index contributed by atoms with van der Waals surface area (Å²) in [5.74, 6) is 0. The first-order valence-corrected chi connectivity index (χ1v) is 6.03. The van der Waals surface area contributed by atoms with Crippen LogP contribution >= 0.6 is 15.9 Å². The number of aromatic nitrogens is 1. The summed E-state index contributed by atoms with van der Waals surface area (Å²) in [6, 6.07) is 6.18. The molecule has 0 aliphatic carbocycles. The van der Waals surface area contributed by atoms with E-state index in [2.05, 4.69) is 39.6 Å². The van der Waals surface area contributed by atoms with Gasteiger partial charge in [-0.25, -0.2) is 0 Å². The average Bonchev–Trinajstić information content (AvgIpc) is 2.59. The number of halogens is 1. The first-order chi connectivity index (χ1) is 7.58. The second-order valence-electron chi connectivity index (χ2n) is 4.20. The van der Waals surface area contributed by atoms with Crippen molar-refractivity contribution < 1.29 is 0 Å². The molecule has 1 heterocycles. The zero-order valence-electron chi connectivity index (χ0n) is 9.26. The summed E-state index contributed by atoms with van der Waals surface area (Å²) in [6.45, 7) is 5.91. The first kappa shape index (κ1) is 11.4. The number of rotatable bonds is 3. The summed E-state index contributed by atoms with van der Waals surface area (Å²) < 4.78 is 1.07. The zero-order valence-corrected chi connectivity index (χ0v) is 10.8. The number of nitrogens with one attached hydrogen (secondary N) is 1. The molecule has 1 aromatic heterocycles. The Kier molecular flexibility index (Phi) is 3.17. The maximum atomic E-state index is 6.16. The van der Waals surface area contributed by atoms with Gasteiger partial charge in [0.05, 0.1) is 0 Å². The lowest BCUT2D eigenvalue weighted by Gasteiger charge is -2.10. The highest BCUT2D eigenvalue weighted by atomic mass is 79.9. The van der Waals surface area contributed by atoms with E-state index in [1.807, 2.05) is 19.2 Å². The van der Waals surface area contributed by atoms with Gasteiger partial charge >= 0.3 is 0 Å². The minimum absolute atomic E-state index is 0.0144. The Morgan fingerprint density at radius 2 is 2.31 bits per heavy atom. The number of fused-ring (bicyclic) bond motifs is 1. The smallest absolute Gasteiger partial charge is 0.0458 e. The fraction of sp³-hybridized carbons (Fsp3) is 0.231. The van der Waals surface area contributed by atoms with Crippen LogP contribution in [0.15, 0.2) is 41.0 Å². The number of aromatic amines is 1. The second-order valence-corrected chi connectivity index (χ2v) is 5.12. The quantitative estimate of drug-likeness (QED) is 0.822. The molecule has 16 heavy (non-hydrogen) atoms. The minimum Gasteiger partial charge on any atom is -0.361 e. The monoisotopic (exact) mass is 278 g/mol. The summed E-state index contributed by atoms with van der Waals surface area (Å²) in [5.41, 5.74) is 9.54. The normalized spacial score (nSPS) is 12.9. The minimum atomic E-state index is 0.0144. The van der Waals surface area contributed by atoms with Crippen LogP contribution < -0.4 is 5.73 Å². The maximum absolute atomic E-state index is 6.16. The molecular weight excluding hydrogens is 264 g/mol. The molecule has 1 atom stereocenters. The summed E-state index contributed by atoms with van der Waals surface area (Å²) in [5, 5.41) is 1.18. The molecule has 0 amide bonds.